The summed E-state index contributed by atoms with van der Waals surface area (Å²) in [6, 6.07) is 6.03. The van der Waals surface area contributed by atoms with E-state index in [0.717, 1.165) is 19.3 Å². The number of hydrogen-bond acceptors (Lipinski definition) is 4. The highest BCUT2D eigenvalue weighted by Crippen LogP contribution is 2.32. The second-order valence-electron chi connectivity index (χ2n) is 6.50. The molecule has 6 nitrogen and oxygen atoms in total. The summed E-state index contributed by atoms with van der Waals surface area (Å²) < 4.78 is 14.4. The van der Waals surface area contributed by atoms with Gasteiger partial charge >= 0.3 is 0 Å². The molecule has 0 N–H and O–H groups in total. The first-order chi connectivity index (χ1) is 12.0. The molecule has 0 bridgehead atoms. The smallest absolute Gasteiger partial charge is 0.261 e. The van der Waals surface area contributed by atoms with Gasteiger partial charge in [-0.2, -0.15) is 5.26 Å². The van der Waals surface area contributed by atoms with Crippen molar-refractivity contribution in [1.29, 1.82) is 5.26 Å². The molecule has 1 aromatic carbocycles. The number of carbonyl (C=O) groups excluding carboxylic acids is 1. The molecular formula is C18H19FN4O2. The van der Waals surface area contributed by atoms with E-state index < -0.39 is 16.9 Å². The maximum absolute atomic E-state index is 13.2. The Morgan fingerprint density at radius 2 is 2.12 bits per heavy atom. The summed E-state index contributed by atoms with van der Waals surface area (Å²) >= 11 is 0. The van der Waals surface area contributed by atoms with Crippen LogP contribution >= 0.6 is 0 Å². The maximum Gasteiger partial charge on any atom is 0.261 e. The third-order valence-electron chi connectivity index (χ3n) is 5.00. The van der Waals surface area contributed by atoms with E-state index in [1.54, 1.807) is 7.05 Å². The van der Waals surface area contributed by atoms with Crippen LogP contribution in [-0.2, 0) is 11.3 Å². The lowest BCUT2D eigenvalue weighted by atomic mass is 9.81. The van der Waals surface area contributed by atoms with Crippen molar-refractivity contribution in [3.05, 3.63) is 40.7 Å². The van der Waals surface area contributed by atoms with E-state index in [-0.39, 0.29) is 23.4 Å². The van der Waals surface area contributed by atoms with Gasteiger partial charge in [0.05, 0.1) is 23.3 Å². The molecule has 1 amide bonds. The summed E-state index contributed by atoms with van der Waals surface area (Å²) in [4.78, 5) is 30.7. The van der Waals surface area contributed by atoms with Crippen molar-refractivity contribution in [2.75, 3.05) is 7.05 Å². The molecule has 1 aromatic heterocycles. The van der Waals surface area contributed by atoms with Gasteiger partial charge in [-0.1, -0.05) is 19.3 Å². The molecule has 0 radical (unpaired) electrons. The average molecular weight is 342 g/mol. The van der Waals surface area contributed by atoms with Gasteiger partial charge < -0.3 is 4.90 Å². The standard InChI is InChI=1S/C18H19FN4O2/c1-22(18(11-20)7-3-2-4-8-18)16(24)10-23-12-21-15-9-13(19)5-6-14(15)17(23)25/h5-6,9,12H,2-4,7-8,10H2,1H3. The van der Waals surface area contributed by atoms with Crippen LogP contribution in [0.5, 0.6) is 0 Å². The molecule has 1 heterocycles. The van der Waals surface area contributed by atoms with Gasteiger partial charge in [-0.15, -0.1) is 0 Å². The van der Waals surface area contributed by atoms with E-state index in [1.807, 2.05) is 0 Å². The fourth-order valence-electron chi connectivity index (χ4n) is 3.39. The second kappa shape index (κ2) is 6.63. The zero-order valence-electron chi connectivity index (χ0n) is 14.0. The van der Waals surface area contributed by atoms with Crippen molar-refractivity contribution >= 4 is 16.8 Å². The highest BCUT2D eigenvalue weighted by Gasteiger charge is 2.38. The van der Waals surface area contributed by atoms with Crippen LogP contribution in [0.25, 0.3) is 10.9 Å². The molecule has 7 heteroatoms. The Kier molecular flexibility index (Phi) is 4.53. The van der Waals surface area contributed by atoms with Crippen molar-refractivity contribution < 1.29 is 9.18 Å². The molecule has 0 saturated heterocycles. The predicted octanol–water partition coefficient (Wildman–Crippen LogP) is 2.22. The Hall–Kier alpha value is -2.75. The predicted molar refractivity (Wildman–Crippen MR) is 90.2 cm³/mol. The van der Waals surface area contributed by atoms with E-state index in [4.69, 9.17) is 0 Å². The second-order valence-corrected chi connectivity index (χ2v) is 6.50. The van der Waals surface area contributed by atoms with Crippen molar-refractivity contribution in [2.45, 2.75) is 44.2 Å². The number of aromatic nitrogens is 2. The summed E-state index contributed by atoms with van der Waals surface area (Å²) in [6.45, 7) is -0.195. The Morgan fingerprint density at radius 1 is 1.40 bits per heavy atom. The lowest BCUT2D eigenvalue weighted by Crippen LogP contribution is -2.51. The molecule has 130 valence electrons. The topological polar surface area (TPSA) is 79.0 Å². The molecule has 2 aromatic rings. The van der Waals surface area contributed by atoms with Gasteiger partial charge in [-0.25, -0.2) is 9.37 Å². The minimum absolute atomic E-state index is 0.195. The molecule has 0 aliphatic heterocycles. The van der Waals surface area contributed by atoms with E-state index in [0.29, 0.717) is 12.8 Å². The quantitative estimate of drug-likeness (QED) is 0.857. The van der Waals surface area contributed by atoms with Crippen LogP contribution in [0.4, 0.5) is 4.39 Å². The lowest BCUT2D eigenvalue weighted by Gasteiger charge is -2.39. The fourth-order valence-corrected chi connectivity index (χ4v) is 3.39. The summed E-state index contributed by atoms with van der Waals surface area (Å²) in [5.41, 5.74) is -0.948. The van der Waals surface area contributed by atoms with Crippen molar-refractivity contribution in [2.24, 2.45) is 0 Å². The number of likely N-dealkylation sites (N-methyl/N-ethyl adjacent to an activating group) is 1. The summed E-state index contributed by atoms with van der Waals surface area (Å²) in [5.74, 6) is -0.782. The van der Waals surface area contributed by atoms with Gasteiger partial charge in [0.15, 0.2) is 0 Å². The van der Waals surface area contributed by atoms with Crippen LogP contribution in [0.1, 0.15) is 32.1 Å². The monoisotopic (exact) mass is 342 g/mol. The molecular weight excluding hydrogens is 323 g/mol. The minimum atomic E-state index is -0.799. The van der Waals surface area contributed by atoms with Crippen LogP contribution in [0.15, 0.2) is 29.3 Å². The van der Waals surface area contributed by atoms with Crippen molar-refractivity contribution in [3.63, 3.8) is 0 Å². The Labute approximate surface area is 144 Å². The Bertz CT molecular complexity index is 909. The largest absolute Gasteiger partial charge is 0.325 e. The fraction of sp³-hybridized carbons (Fsp3) is 0.444. The first kappa shape index (κ1) is 17.1. The molecule has 0 unspecified atom stereocenters. The van der Waals surface area contributed by atoms with Gasteiger partial charge in [0, 0.05) is 13.1 Å². The average Bonchev–Trinajstić information content (AvgIpc) is 2.63. The van der Waals surface area contributed by atoms with Crippen LogP contribution in [0, 0.1) is 17.1 Å². The van der Waals surface area contributed by atoms with Gasteiger partial charge in [-0.05, 0) is 25.0 Å². The van der Waals surface area contributed by atoms with Crippen LogP contribution in [0.2, 0.25) is 0 Å². The number of halogens is 1. The van der Waals surface area contributed by atoms with Crippen LogP contribution in [0.3, 0.4) is 0 Å². The van der Waals surface area contributed by atoms with Gasteiger partial charge in [0.25, 0.3) is 5.56 Å². The molecule has 0 atom stereocenters. The molecule has 0 spiro atoms. The highest BCUT2D eigenvalue weighted by molar-refractivity contribution is 5.79. The third kappa shape index (κ3) is 3.12. The molecule has 3 rings (SSSR count). The van der Waals surface area contributed by atoms with E-state index in [9.17, 15) is 19.2 Å². The van der Waals surface area contributed by atoms with Gasteiger partial charge in [0.2, 0.25) is 5.91 Å². The molecule has 1 fully saturated rings. The van der Waals surface area contributed by atoms with Gasteiger partial charge in [-0.3, -0.25) is 14.2 Å². The normalized spacial score (nSPS) is 16.4. The summed E-state index contributed by atoms with van der Waals surface area (Å²) in [7, 11) is 1.62. The highest BCUT2D eigenvalue weighted by atomic mass is 19.1. The van der Waals surface area contributed by atoms with Crippen LogP contribution in [-0.4, -0.2) is 32.9 Å². The number of carbonyl (C=O) groups is 1. The molecule has 1 saturated carbocycles. The zero-order chi connectivity index (χ0) is 18.0. The minimum Gasteiger partial charge on any atom is -0.325 e. The number of nitriles is 1. The number of amides is 1. The first-order valence-corrected chi connectivity index (χ1v) is 8.29. The number of rotatable bonds is 3. The van der Waals surface area contributed by atoms with E-state index >= 15 is 0 Å². The molecule has 1 aliphatic carbocycles. The number of fused-ring (bicyclic) bond motifs is 1. The van der Waals surface area contributed by atoms with Crippen LogP contribution < -0.4 is 5.56 Å². The van der Waals surface area contributed by atoms with E-state index in [1.165, 1.54) is 34.0 Å². The summed E-state index contributed by atoms with van der Waals surface area (Å²) in [6.07, 6.45) is 5.43. The first-order valence-electron chi connectivity index (χ1n) is 8.29. The van der Waals surface area contributed by atoms with Crippen molar-refractivity contribution in [3.8, 4) is 6.07 Å². The third-order valence-corrected chi connectivity index (χ3v) is 5.00. The van der Waals surface area contributed by atoms with E-state index in [2.05, 4.69) is 11.1 Å². The molecule has 25 heavy (non-hydrogen) atoms. The van der Waals surface area contributed by atoms with Gasteiger partial charge in [0.1, 0.15) is 17.9 Å². The lowest BCUT2D eigenvalue weighted by molar-refractivity contribution is -0.135. The summed E-state index contributed by atoms with van der Waals surface area (Å²) in [5, 5.41) is 9.85. The number of nitrogens with zero attached hydrogens (tertiary/aromatic N) is 4. The maximum atomic E-state index is 13.2. The Morgan fingerprint density at radius 3 is 2.80 bits per heavy atom. The number of benzene rings is 1. The number of hydrogen-bond donors (Lipinski definition) is 0. The molecule has 1 aliphatic rings. The van der Waals surface area contributed by atoms with Crippen molar-refractivity contribution in [1.82, 2.24) is 14.5 Å². The SMILES string of the molecule is CN(C(=O)Cn1cnc2cc(F)ccc2c1=O)C1(C#N)CCCCC1. The zero-order valence-corrected chi connectivity index (χ0v) is 14.0. The Balaban J connectivity index is 1.87.